The van der Waals surface area contributed by atoms with E-state index >= 15 is 0 Å². The minimum absolute atomic E-state index is 0.294. The Morgan fingerprint density at radius 1 is 1.50 bits per heavy atom. The lowest BCUT2D eigenvalue weighted by atomic mass is 10.2. The summed E-state index contributed by atoms with van der Waals surface area (Å²) < 4.78 is 12.6. The van der Waals surface area contributed by atoms with Gasteiger partial charge in [-0.1, -0.05) is 17.4 Å². The second kappa shape index (κ2) is 7.86. The molecule has 7 heteroatoms. The van der Waals surface area contributed by atoms with Crippen LogP contribution in [-0.2, 0) is 0 Å². The highest BCUT2D eigenvalue weighted by Crippen LogP contribution is 2.26. The monoisotopic (exact) mass is 279 g/mol. The lowest BCUT2D eigenvalue weighted by molar-refractivity contribution is -0.858. The topological polar surface area (TPSA) is 85.0 Å². The minimum atomic E-state index is -1.61. The maximum Gasteiger partial charge on any atom is 0.338 e. The number of quaternary nitrogens is 1. The molecule has 0 aliphatic carbocycles. The molecule has 0 fully saturated rings. The van der Waals surface area contributed by atoms with Gasteiger partial charge in [-0.3, -0.25) is 0 Å². The number of carboxylic acids is 1. The molecule has 0 radical (unpaired) electrons. The Morgan fingerprint density at radius 2 is 2.06 bits per heavy atom. The maximum absolute atomic E-state index is 12.6. The molecule has 5 nitrogen and oxygen atoms in total. The summed E-state index contributed by atoms with van der Waals surface area (Å²) in [5.74, 6) is -3.68. The number of halogens is 2. The van der Waals surface area contributed by atoms with Gasteiger partial charge in [-0.05, 0) is 12.1 Å². The predicted octanol–water partition coefficient (Wildman–Crippen LogP) is -0.626. The van der Waals surface area contributed by atoms with E-state index in [0.29, 0.717) is 6.61 Å². The molecule has 0 heterocycles. The van der Waals surface area contributed by atoms with Crippen molar-refractivity contribution in [2.75, 3.05) is 27.2 Å². The smallest absolute Gasteiger partial charge is 0.338 e. The summed E-state index contributed by atoms with van der Waals surface area (Å²) in [4.78, 5) is 11.6. The molecule has 0 aliphatic rings. The van der Waals surface area contributed by atoms with Crippen molar-refractivity contribution in [3.63, 3.8) is 0 Å². The van der Waals surface area contributed by atoms with Gasteiger partial charge in [-0.2, -0.15) is 0 Å². The highest BCUT2D eigenvalue weighted by Gasteiger charge is 2.12. The van der Waals surface area contributed by atoms with E-state index < -0.39 is 23.1 Å². The summed E-state index contributed by atoms with van der Waals surface area (Å²) in [6.07, 6.45) is 0. The van der Waals surface area contributed by atoms with E-state index in [9.17, 15) is 14.3 Å². The highest BCUT2D eigenvalue weighted by atomic mass is 35.5. The van der Waals surface area contributed by atoms with E-state index in [1.165, 1.54) is 4.90 Å². The van der Waals surface area contributed by atoms with Gasteiger partial charge < -0.3 is 20.2 Å². The summed E-state index contributed by atoms with van der Waals surface area (Å²) in [7, 11) is 4.02. The van der Waals surface area contributed by atoms with Gasteiger partial charge >= 0.3 is 5.97 Å². The molecule has 1 aromatic rings. The lowest BCUT2D eigenvalue weighted by Crippen LogP contribution is -3.06. The van der Waals surface area contributed by atoms with Crippen LogP contribution in [0.5, 0.6) is 5.75 Å². The number of aliphatic hydroxyl groups is 1. The number of carbonyl (C=O) groups is 1. The van der Waals surface area contributed by atoms with Gasteiger partial charge in [-0.15, -0.1) is 0 Å². The van der Waals surface area contributed by atoms with Crippen LogP contribution in [0.3, 0.4) is 0 Å². The standard InChI is InChI=1S/C7H4ClFO3.C4H11NO/c8-3-1-2-4(9)5(6(3)10)7(11)12;1-5(2)3-4-6/h1-2,10H,(H,11,12);6H,3-4H2,1-2H3. The molecule has 18 heavy (non-hydrogen) atoms. The van der Waals surface area contributed by atoms with Crippen molar-refractivity contribution < 1.29 is 29.4 Å². The number of benzene rings is 1. The molecule has 0 amide bonds. The zero-order valence-corrected chi connectivity index (χ0v) is 10.8. The average molecular weight is 280 g/mol. The molecule has 3 N–H and O–H groups in total. The zero-order chi connectivity index (χ0) is 14.3. The Morgan fingerprint density at radius 3 is 2.33 bits per heavy atom. The number of nitrogens with one attached hydrogen (secondary N) is 1. The van der Waals surface area contributed by atoms with Crippen LogP contribution in [0.1, 0.15) is 10.4 Å². The number of rotatable bonds is 3. The predicted molar refractivity (Wildman–Crippen MR) is 62.6 cm³/mol. The molecular formula is C11H15ClFNO4. The third kappa shape index (κ3) is 5.31. The third-order valence-electron chi connectivity index (χ3n) is 1.88. The minimum Gasteiger partial charge on any atom is -0.871 e. The van der Waals surface area contributed by atoms with Crippen molar-refractivity contribution in [1.82, 2.24) is 0 Å². The Balaban J connectivity index is 0.000000411. The number of aromatic carboxylic acids is 1. The quantitative estimate of drug-likeness (QED) is 0.688. The number of likely N-dealkylation sites (N-methyl/N-ethyl adjacent to an activating group) is 1. The van der Waals surface area contributed by atoms with Crippen LogP contribution in [0.25, 0.3) is 0 Å². The van der Waals surface area contributed by atoms with E-state index in [1.54, 1.807) is 0 Å². The summed E-state index contributed by atoms with van der Waals surface area (Å²) in [6.45, 7) is 1.14. The molecule has 0 aromatic heterocycles. The van der Waals surface area contributed by atoms with Gasteiger partial charge in [0.15, 0.2) is 0 Å². The van der Waals surface area contributed by atoms with Crippen LogP contribution in [0.15, 0.2) is 12.1 Å². The average Bonchev–Trinajstić information content (AvgIpc) is 2.24. The zero-order valence-electron chi connectivity index (χ0n) is 10.0. The second-order valence-electron chi connectivity index (χ2n) is 3.72. The molecule has 102 valence electrons. The summed E-state index contributed by atoms with van der Waals surface area (Å²) in [5, 5.41) is 27.2. The Bertz CT molecular complexity index is 412. The van der Waals surface area contributed by atoms with Crippen LogP contribution in [0, 0.1) is 5.82 Å². The normalized spacial score (nSPS) is 9.89. The molecule has 0 bridgehead atoms. The molecule has 0 unspecified atom stereocenters. The number of carboxylic acid groups (broad SMARTS) is 1. The van der Waals surface area contributed by atoms with Gasteiger partial charge in [0.1, 0.15) is 12.4 Å². The van der Waals surface area contributed by atoms with Crippen LogP contribution in [0.2, 0.25) is 5.02 Å². The molecule has 0 saturated carbocycles. The number of hydrogen-bond acceptors (Lipinski definition) is 3. The van der Waals surface area contributed by atoms with Gasteiger partial charge in [-0.25, -0.2) is 9.18 Å². The molecule has 0 aliphatic heterocycles. The summed E-state index contributed by atoms with van der Waals surface area (Å²) in [6, 6.07) is 1.86. The van der Waals surface area contributed by atoms with E-state index in [-0.39, 0.29) is 5.02 Å². The van der Waals surface area contributed by atoms with E-state index in [4.69, 9.17) is 21.8 Å². The SMILES string of the molecule is C[NH+](C)CCO.O=C(O)c1c(F)ccc(Cl)c1[O-]. The molecule has 1 aromatic carbocycles. The third-order valence-corrected chi connectivity index (χ3v) is 2.18. The fraction of sp³-hybridized carbons (Fsp3) is 0.364. The Labute approximate surface area is 109 Å². The van der Waals surface area contributed by atoms with Crippen LogP contribution in [0.4, 0.5) is 4.39 Å². The fourth-order valence-corrected chi connectivity index (χ4v) is 1.11. The van der Waals surface area contributed by atoms with E-state index in [1.807, 2.05) is 14.1 Å². The highest BCUT2D eigenvalue weighted by molar-refractivity contribution is 6.32. The number of hydrogen-bond donors (Lipinski definition) is 3. The molecule has 0 spiro atoms. The molecule has 1 rings (SSSR count). The van der Waals surface area contributed by atoms with Crippen LogP contribution >= 0.6 is 11.6 Å². The first-order valence-electron chi connectivity index (χ1n) is 5.09. The molecule has 0 saturated heterocycles. The Hall–Kier alpha value is -1.37. The van der Waals surface area contributed by atoms with Gasteiger partial charge in [0.2, 0.25) is 0 Å². The van der Waals surface area contributed by atoms with Gasteiger partial charge in [0.25, 0.3) is 0 Å². The maximum atomic E-state index is 12.6. The van der Waals surface area contributed by atoms with Crippen molar-refractivity contribution in [2.24, 2.45) is 0 Å². The van der Waals surface area contributed by atoms with Crippen molar-refractivity contribution in [1.29, 1.82) is 0 Å². The molecule has 0 atom stereocenters. The lowest BCUT2D eigenvalue weighted by Gasteiger charge is -2.11. The van der Waals surface area contributed by atoms with Crippen LogP contribution in [-0.4, -0.2) is 43.4 Å². The Kier molecular flexibility index (Phi) is 7.26. The fourth-order valence-electron chi connectivity index (χ4n) is 0.956. The summed E-state index contributed by atoms with van der Waals surface area (Å²) in [5.41, 5.74) is -0.914. The van der Waals surface area contributed by atoms with E-state index in [0.717, 1.165) is 18.7 Å². The summed E-state index contributed by atoms with van der Waals surface area (Å²) >= 11 is 5.29. The van der Waals surface area contributed by atoms with E-state index in [2.05, 4.69) is 0 Å². The number of aliphatic hydroxyl groups excluding tert-OH is 1. The van der Waals surface area contributed by atoms with Crippen molar-refractivity contribution >= 4 is 17.6 Å². The second-order valence-corrected chi connectivity index (χ2v) is 4.13. The largest absolute Gasteiger partial charge is 0.871 e. The van der Waals surface area contributed by atoms with Crippen molar-refractivity contribution in [2.45, 2.75) is 0 Å². The van der Waals surface area contributed by atoms with Crippen LogP contribution < -0.4 is 10.0 Å². The first-order chi connectivity index (χ1) is 8.31. The van der Waals surface area contributed by atoms with Crippen molar-refractivity contribution in [3.8, 4) is 5.75 Å². The van der Waals surface area contributed by atoms with Crippen molar-refractivity contribution in [3.05, 3.63) is 28.5 Å². The molecular weight excluding hydrogens is 265 g/mol. The first kappa shape index (κ1) is 16.6. The van der Waals surface area contributed by atoms with Gasteiger partial charge in [0, 0.05) is 5.02 Å². The first-order valence-corrected chi connectivity index (χ1v) is 5.47. The van der Waals surface area contributed by atoms with Gasteiger partial charge in [0.05, 0.1) is 26.3 Å².